The molecule has 1 saturated heterocycles. The van der Waals surface area contributed by atoms with E-state index < -0.39 is 73.6 Å². The van der Waals surface area contributed by atoms with E-state index in [1.807, 2.05) is 0 Å². The number of rotatable bonds is 8. The number of carbonyl (C=O) groups excluding carboxylic acids is 5. The molecule has 0 spiro atoms. The Kier molecular flexibility index (Phi) is 9.52. The molecular weight excluding hydrogens is 408 g/mol. The highest BCUT2D eigenvalue weighted by Crippen LogP contribution is 2.28. The molecule has 0 saturated carbocycles. The highest BCUT2D eigenvalue weighted by atomic mass is 16.7. The number of amides is 1. The van der Waals surface area contributed by atoms with Gasteiger partial charge < -0.3 is 29.0 Å². The molecule has 14 nitrogen and oxygen atoms in total. The standard InChI is InChI=1S/C16H22N4O10/c1-7(21)26-6-11-14(27-8(2)22)15(28-9(3)23)13(16(30-11)29-10(4)24)19-12(25)5-18-20-17/h11,13-17H,5-6H2,1-4H3/p+1/t11-,13+,14-,15-,16?/m1/s1. The zero-order valence-corrected chi connectivity index (χ0v) is 16.8. The van der Waals surface area contributed by atoms with Crippen molar-refractivity contribution in [2.75, 3.05) is 13.2 Å². The summed E-state index contributed by atoms with van der Waals surface area (Å²) in [5.41, 5.74) is 6.61. The molecule has 0 aromatic rings. The van der Waals surface area contributed by atoms with E-state index in [2.05, 4.69) is 15.3 Å². The van der Waals surface area contributed by atoms with Crippen molar-refractivity contribution in [1.29, 1.82) is 5.53 Å². The van der Waals surface area contributed by atoms with Crippen molar-refractivity contribution in [3.63, 3.8) is 0 Å². The molecule has 0 aliphatic carbocycles. The number of hydrogen-bond donors (Lipinski definition) is 2. The Morgan fingerprint density at radius 1 is 0.933 bits per heavy atom. The first-order valence-corrected chi connectivity index (χ1v) is 8.68. The van der Waals surface area contributed by atoms with E-state index in [0.29, 0.717) is 0 Å². The van der Waals surface area contributed by atoms with Gasteiger partial charge in [-0.1, -0.05) is 0 Å². The highest BCUT2D eigenvalue weighted by Gasteiger charge is 2.52. The van der Waals surface area contributed by atoms with Crippen LogP contribution in [-0.2, 0) is 47.7 Å². The van der Waals surface area contributed by atoms with Crippen LogP contribution in [0.15, 0.2) is 5.11 Å². The lowest BCUT2D eigenvalue weighted by atomic mass is 9.96. The monoisotopic (exact) mass is 431 g/mol. The highest BCUT2D eigenvalue weighted by molar-refractivity contribution is 5.78. The Labute approximate surface area is 170 Å². The number of ether oxygens (including phenoxy) is 5. The maximum Gasteiger partial charge on any atom is 0.305 e. The second-order valence-electron chi connectivity index (χ2n) is 6.10. The van der Waals surface area contributed by atoms with Crippen LogP contribution in [0.1, 0.15) is 27.7 Å². The summed E-state index contributed by atoms with van der Waals surface area (Å²) in [4.78, 5) is 60.8. The van der Waals surface area contributed by atoms with Crippen molar-refractivity contribution in [2.24, 2.45) is 5.11 Å². The Bertz CT molecular complexity index is 736. The molecule has 1 amide bonds. The smallest absolute Gasteiger partial charge is 0.305 e. The van der Waals surface area contributed by atoms with Crippen LogP contribution in [-0.4, -0.2) is 73.6 Å². The lowest BCUT2D eigenvalue weighted by Gasteiger charge is -2.44. The van der Waals surface area contributed by atoms with Gasteiger partial charge in [-0.2, -0.15) is 0 Å². The molecule has 14 heteroatoms. The van der Waals surface area contributed by atoms with Gasteiger partial charge in [0.15, 0.2) is 12.2 Å². The quantitative estimate of drug-likeness (QED) is 0.203. The van der Waals surface area contributed by atoms with Gasteiger partial charge in [0.1, 0.15) is 29.4 Å². The number of hydrogen-bond acceptors (Lipinski definition) is 12. The Balaban J connectivity index is 3.33. The average Bonchev–Trinajstić information content (AvgIpc) is 2.62. The third kappa shape index (κ3) is 7.93. The summed E-state index contributed by atoms with van der Waals surface area (Å²) in [7, 11) is 0. The van der Waals surface area contributed by atoms with Gasteiger partial charge >= 0.3 is 23.9 Å². The van der Waals surface area contributed by atoms with Gasteiger partial charge in [0.2, 0.25) is 23.7 Å². The first kappa shape index (κ1) is 24.7. The van der Waals surface area contributed by atoms with Crippen molar-refractivity contribution >= 4 is 29.8 Å². The Morgan fingerprint density at radius 2 is 1.50 bits per heavy atom. The van der Waals surface area contributed by atoms with Crippen LogP contribution in [0.2, 0.25) is 0 Å². The molecule has 1 heterocycles. The Hall–Kier alpha value is -3.38. The summed E-state index contributed by atoms with van der Waals surface area (Å²) in [5, 5.41) is 5.62. The van der Waals surface area contributed by atoms with Crippen LogP contribution in [0.4, 0.5) is 0 Å². The van der Waals surface area contributed by atoms with Crippen LogP contribution in [0.3, 0.4) is 0 Å². The van der Waals surface area contributed by atoms with Gasteiger partial charge in [0.05, 0.1) is 0 Å². The molecule has 1 unspecified atom stereocenters. The molecular formula is C16H23N4O10+. The maximum atomic E-state index is 12.1. The fourth-order valence-electron chi connectivity index (χ4n) is 2.65. The first-order valence-electron chi connectivity index (χ1n) is 8.68. The van der Waals surface area contributed by atoms with Gasteiger partial charge in [0.25, 0.3) is 0 Å². The Morgan fingerprint density at radius 3 is 2.00 bits per heavy atom. The topological polar surface area (TPSA) is 194 Å². The molecule has 0 bridgehead atoms. The van der Waals surface area contributed by atoms with E-state index in [9.17, 15) is 24.0 Å². The van der Waals surface area contributed by atoms with Gasteiger partial charge in [-0.3, -0.25) is 24.0 Å². The van der Waals surface area contributed by atoms with Gasteiger partial charge in [-0.15, -0.1) is 0 Å². The predicted octanol–water partition coefficient (Wildman–Crippen LogP) is -1.26. The van der Waals surface area contributed by atoms with E-state index >= 15 is 0 Å². The average molecular weight is 431 g/mol. The molecule has 30 heavy (non-hydrogen) atoms. The molecule has 1 rings (SSSR count). The summed E-state index contributed by atoms with van der Waals surface area (Å²) < 4.78 is 26.0. The normalized spacial score (nSPS) is 25.1. The van der Waals surface area contributed by atoms with Crippen LogP contribution in [0.5, 0.6) is 0 Å². The second kappa shape index (κ2) is 11.6. The summed E-state index contributed by atoms with van der Waals surface area (Å²) in [6.07, 6.45) is -5.37. The van der Waals surface area contributed by atoms with Crippen LogP contribution >= 0.6 is 0 Å². The third-order valence-electron chi connectivity index (χ3n) is 3.60. The zero-order chi connectivity index (χ0) is 22.8. The molecule has 1 fully saturated rings. The molecule has 166 valence electrons. The third-order valence-corrected chi connectivity index (χ3v) is 3.60. The first-order chi connectivity index (χ1) is 14.0. The molecule has 0 aromatic heterocycles. The summed E-state index contributed by atoms with van der Waals surface area (Å²) in [6, 6.07) is -1.32. The van der Waals surface area contributed by atoms with Crippen molar-refractivity contribution in [1.82, 2.24) is 10.2 Å². The SMILES string of the molecule is CC(=O)OC[C@H]1OC(OC(C)=O)[C@@H](NC(=O)CN=[N+]=N)[C@@H](OC(C)=O)[C@@H]1OC(C)=O. The number of nitrogens with one attached hydrogen (secondary N) is 2. The zero-order valence-electron chi connectivity index (χ0n) is 16.8. The van der Waals surface area contributed by atoms with Crippen LogP contribution in [0.25, 0.3) is 0 Å². The minimum absolute atomic E-state index is 0.420. The minimum Gasteiger partial charge on any atom is -0.463 e. The number of nitrogens with zero attached hydrogens (tertiary/aromatic N) is 2. The van der Waals surface area contributed by atoms with Gasteiger partial charge in [-0.05, 0) is 0 Å². The number of carbonyl (C=O) groups is 5. The van der Waals surface area contributed by atoms with Crippen molar-refractivity contribution in [3.8, 4) is 0 Å². The van der Waals surface area contributed by atoms with E-state index in [1.165, 1.54) is 0 Å². The van der Waals surface area contributed by atoms with Crippen LogP contribution < -0.4 is 10.2 Å². The lowest BCUT2D eigenvalue weighted by Crippen LogP contribution is -2.67. The van der Waals surface area contributed by atoms with Crippen LogP contribution in [0, 0.1) is 5.53 Å². The molecule has 1 aliphatic heterocycles. The maximum absolute atomic E-state index is 12.1. The van der Waals surface area contributed by atoms with Gasteiger partial charge in [-0.25, -0.2) is 0 Å². The van der Waals surface area contributed by atoms with E-state index in [1.54, 1.807) is 0 Å². The summed E-state index contributed by atoms with van der Waals surface area (Å²) in [6.45, 7) is 3.42. The molecule has 0 aromatic carbocycles. The van der Waals surface area contributed by atoms with E-state index in [-0.39, 0.29) is 0 Å². The number of esters is 4. The van der Waals surface area contributed by atoms with Crippen molar-refractivity contribution < 1.29 is 47.7 Å². The lowest BCUT2D eigenvalue weighted by molar-refractivity contribution is -0.271. The minimum atomic E-state index is -1.49. The fraction of sp³-hybridized carbons (Fsp3) is 0.688. The summed E-state index contributed by atoms with van der Waals surface area (Å²) in [5.74, 6) is -3.79. The van der Waals surface area contributed by atoms with E-state index in [0.717, 1.165) is 27.7 Å². The van der Waals surface area contributed by atoms with Crippen molar-refractivity contribution in [2.45, 2.75) is 58.3 Å². The van der Waals surface area contributed by atoms with Gasteiger partial charge in [0, 0.05) is 27.7 Å². The molecule has 5 atom stereocenters. The molecule has 0 radical (unpaired) electrons. The largest absolute Gasteiger partial charge is 0.463 e. The fourth-order valence-corrected chi connectivity index (χ4v) is 2.65. The molecule has 1 aliphatic rings. The predicted molar refractivity (Wildman–Crippen MR) is 92.2 cm³/mol. The summed E-state index contributed by atoms with van der Waals surface area (Å²) >= 11 is 0. The van der Waals surface area contributed by atoms with E-state index in [4.69, 9.17) is 29.2 Å². The van der Waals surface area contributed by atoms with Crippen molar-refractivity contribution in [3.05, 3.63) is 0 Å². The second-order valence-corrected chi connectivity index (χ2v) is 6.10. The molecule has 2 N–H and O–H groups in total.